The summed E-state index contributed by atoms with van der Waals surface area (Å²) in [6, 6.07) is 6.53. The van der Waals surface area contributed by atoms with Crippen LogP contribution in [0.3, 0.4) is 0 Å². The number of aryl methyl sites for hydroxylation is 1. The summed E-state index contributed by atoms with van der Waals surface area (Å²) in [7, 11) is -3.27. The number of carbonyl (C=O) groups is 1. The Balaban J connectivity index is 1.81. The van der Waals surface area contributed by atoms with Crippen LogP contribution in [0.25, 0.3) is 10.2 Å². The van der Waals surface area contributed by atoms with Crippen LogP contribution in [0.15, 0.2) is 35.4 Å². The van der Waals surface area contributed by atoms with E-state index in [0.29, 0.717) is 15.3 Å². The summed E-state index contributed by atoms with van der Waals surface area (Å²) in [5, 5.41) is 7.20. The fourth-order valence-corrected chi connectivity index (χ4v) is 3.69. The molecule has 7 nitrogen and oxygen atoms in total. The van der Waals surface area contributed by atoms with Gasteiger partial charge in [-0.25, -0.2) is 13.4 Å². The minimum atomic E-state index is -3.27. The van der Waals surface area contributed by atoms with Gasteiger partial charge in [-0.1, -0.05) is 11.3 Å². The van der Waals surface area contributed by atoms with Crippen LogP contribution in [-0.4, -0.2) is 35.3 Å². The van der Waals surface area contributed by atoms with Gasteiger partial charge in [0, 0.05) is 18.1 Å². The van der Waals surface area contributed by atoms with E-state index in [1.807, 2.05) is 13.0 Å². The highest BCUT2D eigenvalue weighted by Crippen LogP contribution is 2.28. The van der Waals surface area contributed by atoms with Crippen molar-refractivity contribution in [3.05, 3.63) is 36.2 Å². The number of nitrogens with one attached hydrogen (secondary N) is 1. The summed E-state index contributed by atoms with van der Waals surface area (Å²) < 4.78 is 25.4. The van der Waals surface area contributed by atoms with Crippen LogP contribution in [0.5, 0.6) is 0 Å². The summed E-state index contributed by atoms with van der Waals surface area (Å²) in [5.74, 6) is -0.237. The van der Waals surface area contributed by atoms with Gasteiger partial charge in [0.05, 0.1) is 15.1 Å². The van der Waals surface area contributed by atoms with E-state index in [1.165, 1.54) is 17.4 Å². The first kappa shape index (κ1) is 15.6. The number of sulfone groups is 1. The Labute approximate surface area is 136 Å². The van der Waals surface area contributed by atoms with Crippen molar-refractivity contribution >= 4 is 42.4 Å². The Hall–Kier alpha value is -2.26. The number of anilines is 1. The average Bonchev–Trinajstić information content (AvgIpc) is 3.03. The largest absolute Gasteiger partial charge is 0.300 e. The molecule has 0 saturated heterocycles. The molecular weight excluding hydrogens is 336 g/mol. The lowest BCUT2D eigenvalue weighted by Gasteiger charge is -2.03. The van der Waals surface area contributed by atoms with Gasteiger partial charge >= 0.3 is 0 Å². The second-order valence-corrected chi connectivity index (χ2v) is 8.15. The molecule has 9 heteroatoms. The van der Waals surface area contributed by atoms with E-state index < -0.39 is 9.84 Å². The molecular formula is C14H14N4O3S2. The third-order valence-corrected chi connectivity index (χ3v) is 5.30. The molecule has 120 valence electrons. The summed E-state index contributed by atoms with van der Waals surface area (Å²) >= 11 is 1.24. The molecule has 1 amide bonds. The number of hydrogen-bond donors (Lipinski definition) is 1. The van der Waals surface area contributed by atoms with Crippen molar-refractivity contribution in [2.75, 3.05) is 11.6 Å². The molecule has 3 aromatic rings. The molecule has 2 heterocycles. The lowest BCUT2D eigenvalue weighted by molar-refractivity contribution is -0.116. The molecule has 0 spiro atoms. The Morgan fingerprint density at radius 3 is 2.78 bits per heavy atom. The predicted molar refractivity (Wildman–Crippen MR) is 88.3 cm³/mol. The van der Waals surface area contributed by atoms with E-state index in [4.69, 9.17) is 0 Å². The van der Waals surface area contributed by atoms with Crippen LogP contribution in [-0.2, 0) is 21.2 Å². The second kappa shape index (κ2) is 5.74. The van der Waals surface area contributed by atoms with Crippen molar-refractivity contribution in [2.24, 2.45) is 0 Å². The number of benzene rings is 1. The normalized spacial score (nSPS) is 11.7. The van der Waals surface area contributed by atoms with Crippen LogP contribution < -0.4 is 5.32 Å². The Morgan fingerprint density at radius 2 is 2.13 bits per heavy atom. The number of carbonyl (C=O) groups excluding carboxylic acids is 1. The second-order valence-electron chi connectivity index (χ2n) is 5.10. The topological polar surface area (TPSA) is 93.9 Å². The van der Waals surface area contributed by atoms with Gasteiger partial charge in [0.1, 0.15) is 6.54 Å². The van der Waals surface area contributed by atoms with Crippen LogP contribution in [0.4, 0.5) is 5.13 Å². The summed E-state index contributed by atoms with van der Waals surface area (Å²) in [6.07, 6.45) is 2.79. The van der Waals surface area contributed by atoms with Gasteiger partial charge in [0.2, 0.25) is 5.91 Å². The van der Waals surface area contributed by atoms with Crippen LogP contribution in [0.1, 0.15) is 5.69 Å². The number of rotatable bonds is 4. The van der Waals surface area contributed by atoms with E-state index in [1.54, 1.807) is 23.0 Å². The van der Waals surface area contributed by atoms with Crippen molar-refractivity contribution in [1.82, 2.24) is 14.8 Å². The fraction of sp³-hybridized carbons (Fsp3) is 0.214. The third-order valence-electron chi connectivity index (χ3n) is 3.26. The van der Waals surface area contributed by atoms with Crippen molar-refractivity contribution in [3.63, 3.8) is 0 Å². The maximum absolute atomic E-state index is 12.0. The van der Waals surface area contributed by atoms with Crippen molar-refractivity contribution in [2.45, 2.75) is 18.4 Å². The lowest BCUT2D eigenvalue weighted by Crippen LogP contribution is -2.20. The molecule has 1 aromatic carbocycles. The minimum Gasteiger partial charge on any atom is -0.300 e. The molecule has 23 heavy (non-hydrogen) atoms. The molecule has 0 unspecified atom stereocenters. The Morgan fingerprint density at radius 1 is 1.35 bits per heavy atom. The van der Waals surface area contributed by atoms with E-state index in [9.17, 15) is 13.2 Å². The highest BCUT2D eigenvalue weighted by molar-refractivity contribution is 7.90. The number of amides is 1. The maximum Gasteiger partial charge on any atom is 0.247 e. The molecule has 0 saturated carbocycles. The van der Waals surface area contributed by atoms with Gasteiger partial charge in [-0.05, 0) is 31.2 Å². The SMILES string of the molecule is Cc1ccnn1CC(=O)Nc1nc2ccc(S(C)(=O)=O)cc2s1. The molecule has 2 aromatic heterocycles. The summed E-state index contributed by atoms with van der Waals surface area (Å²) in [5.41, 5.74) is 1.54. The molecule has 0 radical (unpaired) electrons. The van der Waals surface area contributed by atoms with Crippen LogP contribution in [0.2, 0.25) is 0 Å². The highest BCUT2D eigenvalue weighted by atomic mass is 32.2. The zero-order valence-corrected chi connectivity index (χ0v) is 14.1. The first-order chi connectivity index (χ1) is 10.8. The Bertz CT molecular complexity index is 989. The van der Waals surface area contributed by atoms with Crippen molar-refractivity contribution < 1.29 is 13.2 Å². The monoisotopic (exact) mass is 350 g/mol. The molecule has 3 rings (SSSR count). The van der Waals surface area contributed by atoms with Gasteiger partial charge in [-0.3, -0.25) is 9.48 Å². The predicted octanol–water partition coefficient (Wildman–Crippen LogP) is 1.84. The van der Waals surface area contributed by atoms with E-state index in [-0.39, 0.29) is 17.3 Å². The average molecular weight is 350 g/mol. The number of thiazole rings is 1. The van der Waals surface area contributed by atoms with E-state index in [2.05, 4.69) is 15.4 Å². The van der Waals surface area contributed by atoms with Gasteiger partial charge in [-0.2, -0.15) is 5.10 Å². The molecule has 0 bridgehead atoms. The molecule has 0 atom stereocenters. The van der Waals surface area contributed by atoms with Crippen LogP contribution >= 0.6 is 11.3 Å². The Kier molecular flexibility index (Phi) is 3.90. The first-order valence-corrected chi connectivity index (χ1v) is 9.42. The highest BCUT2D eigenvalue weighted by Gasteiger charge is 2.12. The fourth-order valence-electron chi connectivity index (χ4n) is 2.05. The maximum atomic E-state index is 12.0. The third kappa shape index (κ3) is 3.40. The van der Waals surface area contributed by atoms with Gasteiger partial charge in [0.25, 0.3) is 0 Å². The van der Waals surface area contributed by atoms with Gasteiger partial charge in [0.15, 0.2) is 15.0 Å². The number of nitrogens with zero attached hydrogens (tertiary/aromatic N) is 3. The number of fused-ring (bicyclic) bond motifs is 1. The van der Waals surface area contributed by atoms with Gasteiger partial charge < -0.3 is 5.32 Å². The molecule has 0 aliphatic heterocycles. The van der Waals surface area contributed by atoms with Crippen molar-refractivity contribution in [3.8, 4) is 0 Å². The quantitative estimate of drug-likeness (QED) is 0.775. The van der Waals surface area contributed by atoms with Gasteiger partial charge in [-0.15, -0.1) is 0 Å². The summed E-state index contributed by atoms with van der Waals surface area (Å²) in [6.45, 7) is 1.97. The number of aromatic nitrogens is 3. The number of hydrogen-bond acceptors (Lipinski definition) is 6. The van der Waals surface area contributed by atoms with Crippen molar-refractivity contribution in [1.29, 1.82) is 0 Å². The lowest BCUT2D eigenvalue weighted by atomic mass is 10.3. The zero-order valence-electron chi connectivity index (χ0n) is 12.5. The minimum absolute atomic E-state index is 0.101. The summed E-state index contributed by atoms with van der Waals surface area (Å²) in [4.78, 5) is 16.6. The molecule has 1 N–H and O–H groups in total. The molecule has 0 aliphatic carbocycles. The first-order valence-electron chi connectivity index (χ1n) is 6.72. The zero-order chi connectivity index (χ0) is 16.6. The van der Waals surface area contributed by atoms with E-state index in [0.717, 1.165) is 11.9 Å². The standard InChI is InChI=1S/C14H14N4O3S2/c1-9-5-6-15-18(9)8-13(19)17-14-16-11-4-3-10(23(2,20)21)7-12(11)22-14/h3-7H,8H2,1-2H3,(H,16,17,19). The smallest absolute Gasteiger partial charge is 0.247 e. The molecule has 0 aliphatic rings. The van der Waals surface area contributed by atoms with E-state index >= 15 is 0 Å². The van der Waals surface area contributed by atoms with Crippen LogP contribution in [0, 0.1) is 6.92 Å². The molecule has 0 fully saturated rings.